The number of halogens is 3. The topological polar surface area (TPSA) is 33.6 Å². The molecule has 2 heterocycles. The maximum absolute atomic E-state index is 14.5. The van der Waals surface area contributed by atoms with E-state index in [9.17, 15) is 18.4 Å². The lowest BCUT2D eigenvalue weighted by Gasteiger charge is -2.23. The molecule has 0 saturated heterocycles. The normalized spacial score (nSPS) is 14.3. The van der Waals surface area contributed by atoms with Crippen LogP contribution in [0.1, 0.15) is 66.6 Å². The molecule has 0 N–H and O–H groups in total. The summed E-state index contributed by atoms with van der Waals surface area (Å²) in [6.45, 7) is 10.9. The summed E-state index contributed by atoms with van der Waals surface area (Å²) in [7, 11) is 0. The fraction of sp³-hybridized carbons (Fsp3) is 0.127. The number of fused-ring (bicyclic) bond motifs is 14. The Morgan fingerprint density at radius 3 is 1.48 bits per heavy atom. The Labute approximate surface area is 398 Å². The lowest BCUT2D eigenvalue weighted by atomic mass is 9.80. The second kappa shape index (κ2) is 14.2. The van der Waals surface area contributed by atoms with Crippen LogP contribution in [0.15, 0.2) is 176 Å². The van der Waals surface area contributed by atoms with Crippen molar-refractivity contribution in [3.05, 3.63) is 215 Å². The smallest absolute Gasteiger partial charge is 0.309 e. The minimum atomic E-state index is -4.53. The molecule has 11 aromatic rings. The van der Waals surface area contributed by atoms with Crippen LogP contribution in [0, 0.1) is 18.3 Å². The molecule has 2 aliphatic rings. The molecule has 0 spiro atoms. The first kappa shape index (κ1) is 41.1. The van der Waals surface area contributed by atoms with Gasteiger partial charge in [-0.3, -0.25) is 0 Å². The molecule has 0 atom stereocenters. The zero-order chi connectivity index (χ0) is 47.3. The average molecular weight is 900 g/mol. The number of rotatable bonds is 4. The molecule has 13 rings (SSSR count). The van der Waals surface area contributed by atoms with Crippen molar-refractivity contribution in [1.82, 2.24) is 9.13 Å². The van der Waals surface area contributed by atoms with Gasteiger partial charge in [0.2, 0.25) is 0 Å². The molecule has 0 saturated carbocycles. The van der Waals surface area contributed by atoms with Crippen molar-refractivity contribution in [1.29, 1.82) is 5.26 Å². The van der Waals surface area contributed by atoms with Gasteiger partial charge in [0, 0.05) is 43.5 Å². The van der Waals surface area contributed by atoms with Gasteiger partial charge in [0.15, 0.2) is 0 Å². The van der Waals surface area contributed by atoms with Gasteiger partial charge in [-0.25, -0.2) is 0 Å². The lowest BCUT2D eigenvalue weighted by Crippen LogP contribution is -2.15. The Balaban J connectivity index is 1.15. The number of aryl methyl sites for hydroxylation is 1. The summed E-state index contributed by atoms with van der Waals surface area (Å²) in [5.74, 6) is 0. The molecule has 0 amide bonds. The highest BCUT2D eigenvalue weighted by Crippen LogP contribution is 2.56. The second-order valence-electron chi connectivity index (χ2n) is 20.0. The molecule has 69 heavy (non-hydrogen) atoms. The largest absolute Gasteiger partial charge is 0.416 e. The summed E-state index contributed by atoms with van der Waals surface area (Å²) in [5.41, 5.74) is 18.2. The zero-order valence-electron chi connectivity index (χ0n) is 38.7. The third kappa shape index (κ3) is 5.68. The van der Waals surface area contributed by atoms with Crippen LogP contribution in [0.5, 0.6) is 0 Å². The van der Waals surface area contributed by atoms with Gasteiger partial charge in [-0.15, -0.1) is 0 Å². The minimum Gasteiger partial charge on any atom is -0.309 e. The second-order valence-corrected chi connectivity index (χ2v) is 20.0. The van der Waals surface area contributed by atoms with Crippen molar-refractivity contribution >= 4 is 43.6 Å². The van der Waals surface area contributed by atoms with Gasteiger partial charge in [0.05, 0.1) is 50.6 Å². The average Bonchev–Trinajstić information content (AvgIpc) is 4.02. The predicted octanol–water partition coefficient (Wildman–Crippen LogP) is 17.0. The van der Waals surface area contributed by atoms with Crippen molar-refractivity contribution in [2.75, 3.05) is 0 Å². The van der Waals surface area contributed by atoms with Crippen LogP contribution in [0.2, 0.25) is 0 Å². The fourth-order valence-corrected chi connectivity index (χ4v) is 12.4. The SMILES string of the molecule is Cc1cc(-c2ccc(-n3c4ccccc4c4c5c(ccc43)-c3ccccc3C5(C)C)c(-c3cc(C#N)ccc3-n3c4ccccc4c4c5c(ccc43)-c3ccccc3C5(C)C)c2)cc(C(F)(F)F)c1. The summed E-state index contributed by atoms with van der Waals surface area (Å²) in [6, 6.07) is 61.9. The first-order chi connectivity index (χ1) is 33.3. The predicted molar refractivity (Wildman–Crippen MR) is 276 cm³/mol. The van der Waals surface area contributed by atoms with Gasteiger partial charge < -0.3 is 9.13 Å². The minimum absolute atomic E-state index is 0.287. The van der Waals surface area contributed by atoms with E-state index in [2.05, 4.69) is 170 Å². The molecular formula is C63H44F3N3. The molecule has 3 nitrogen and oxygen atoms in total. The first-order valence-corrected chi connectivity index (χ1v) is 23.5. The number of hydrogen-bond donors (Lipinski definition) is 0. The molecule has 6 heteroatoms. The van der Waals surface area contributed by atoms with Crippen molar-refractivity contribution < 1.29 is 13.2 Å². The molecule has 0 radical (unpaired) electrons. The Bertz CT molecular complexity index is 4090. The van der Waals surface area contributed by atoms with Crippen molar-refractivity contribution in [2.45, 2.75) is 51.6 Å². The summed E-state index contributed by atoms with van der Waals surface area (Å²) < 4.78 is 48.2. The van der Waals surface area contributed by atoms with E-state index in [1.807, 2.05) is 36.4 Å². The molecular weight excluding hydrogens is 856 g/mol. The number of alkyl halides is 3. The van der Waals surface area contributed by atoms with Crippen LogP contribution >= 0.6 is 0 Å². The van der Waals surface area contributed by atoms with Crippen LogP contribution in [0.4, 0.5) is 13.2 Å². The number of nitrogens with zero attached hydrogens (tertiary/aromatic N) is 3. The summed E-state index contributed by atoms with van der Waals surface area (Å²) in [4.78, 5) is 0. The van der Waals surface area contributed by atoms with E-state index in [1.54, 1.807) is 6.92 Å². The van der Waals surface area contributed by atoms with Gasteiger partial charge in [0.1, 0.15) is 0 Å². The van der Waals surface area contributed by atoms with Gasteiger partial charge >= 0.3 is 6.18 Å². The zero-order valence-corrected chi connectivity index (χ0v) is 38.7. The highest BCUT2D eigenvalue weighted by molar-refractivity contribution is 6.16. The quantitative estimate of drug-likeness (QED) is 0.173. The number of hydrogen-bond acceptors (Lipinski definition) is 1. The van der Waals surface area contributed by atoms with Gasteiger partial charge in [-0.1, -0.05) is 137 Å². The molecule has 2 aliphatic carbocycles. The standard InChI is InChI=1S/C63H44F3N3/c1-36-30-39(33-40(31-36)63(64,65)66)38-23-27-54(69-52-21-13-9-17-46(52)58-56(69)29-25-44-42-15-7-11-19-50(42)62(4,5)60(44)58)48(34-38)47-32-37(35-67)22-26-53(47)68-51-20-12-8-16-45(51)57-55(68)28-24-43-41-14-6-10-18-49(41)61(2,3)59(43)57/h6-34H,1-5H3. The van der Waals surface area contributed by atoms with Crippen LogP contribution in [-0.4, -0.2) is 9.13 Å². The van der Waals surface area contributed by atoms with Crippen molar-refractivity contribution in [3.63, 3.8) is 0 Å². The highest BCUT2D eigenvalue weighted by Gasteiger charge is 2.40. The lowest BCUT2D eigenvalue weighted by molar-refractivity contribution is -0.137. The van der Waals surface area contributed by atoms with Crippen LogP contribution in [-0.2, 0) is 17.0 Å². The number of aromatic nitrogens is 2. The number of nitriles is 1. The monoisotopic (exact) mass is 899 g/mol. The summed E-state index contributed by atoms with van der Waals surface area (Å²) in [5, 5.41) is 15.2. The van der Waals surface area contributed by atoms with E-state index in [4.69, 9.17) is 0 Å². The van der Waals surface area contributed by atoms with Crippen LogP contribution < -0.4 is 0 Å². The molecule has 0 unspecified atom stereocenters. The van der Waals surface area contributed by atoms with E-state index in [1.165, 1.54) is 67.4 Å². The first-order valence-electron chi connectivity index (χ1n) is 23.5. The Kier molecular flexibility index (Phi) is 8.45. The molecule has 0 aliphatic heterocycles. The fourth-order valence-electron chi connectivity index (χ4n) is 12.4. The highest BCUT2D eigenvalue weighted by atomic mass is 19.4. The van der Waals surface area contributed by atoms with E-state index in [-0.39, 0.29) is 10.8 Å². The molecule has 2 aromatic heterocycles. The van der Waals surface area contributed by atoms with Gasteiger partial charge in [0.25, 0.3) is 0 Å². The molecule has 0 bridgehead atoms. The van der Waals surface area contributed by atoms with E-state index in [0.29, 0.717) is 22.3 Å². The van der Waals surface area contributed by atoms with E-state index < -0.39 is 11.7 Å². The summed E-state index contributed by atoms with van der Waals surface area (Å²) in [6.07, 6.45) is -4.53. The Hall–Kier alpha value is -8.14. The van der Waals surface area contributed by atoms with Crippen molar-refractivity contribution in [2.24, 2.45) is 0 Å². The van der Waals surface area contributed by atoms with E-state index >= 15 is 0 Å². The van der Waals surface area contributed by atoms with Gasteiger partial charge in [-0.2, -0.15) is 18.4 Å². The number of benzene rings is 9. The van der Waals surface area contributed by atoms with Crippen LogP contribution in [0.25, 0.3) is 99.5 Å². The number of para-hydroxylation sites is 2. The van der Waals surface area contributed by atoms with E-state index in [0.717, 1.165) is 55.3 Å². The van der Waals surface area contributed by atoms with Gasteiger partial charge in [-0.05, 0) is 135 Å². The molecule has 9 aromatic carbocycles. The molecule has 0 fully saturated rings. The van der Waals surface area contributed by atoms with Crippen LogP contribution in [0.3, 0.4) is 0 Å². The third-order valence-corrected chi connectivity index (χ3v) is 15.3. The maximum Gasteiger partial charge on any atom is 0.416 e. The summed E-state index contributed by atoms with van der Waals surface area (Å²) >= 11 is 0. The molecule has 332 valence electrons. The third-order valence-electron chi connectivity index (χ3n) is 15.3. The van der Waals surface area contributed by atoms with Crippen molar-refractivity contribution in [3.8, 4) is 62.0 Å². The maximum atomic E-state index is 14.5. The Morgan fingerprint density at radius 2 is 0.942 bits per heavy atom. The Morgan fingerprint density at radius 1 is 0.449 bits per heavy atom.